The number of amides is 2. The van der Waals surface area contributed by atoms with Crippen LogP contribution in [0, 0.1) is 5.92 Å². The highest BCUT2D eigenvalue weighted by molar-refractivity contribution is 8.00. The summed E-state index contributed by atoms with van der Waals surface area (Å²) in [5.74, 6) is 1.50. The second-order valence-corrected chi connectivity index (χ2v) is 12.4. The number of anilines is 1. The molecule has 1 aromatic heterocycles. The number of nitrogens with zero attached hydrogens (tertiary/aromatic N) is 3. The van der Waals surface area contributed by atoms with Gasteiger partial charge in [0.2, 0.25) is 11.8 Å². The van der Waals surface area contributed by atoms with Gasteiger partial charge in [0.05, 0.1) is 29.5 Å². The minimum atomic E-state index is -0.335. The largest absolute Gasteiger partial charge is 0.497 e. The molecule has 1 aliphatic rings. The molecule has 1 aliphatic heterocycles. The third-order valence-corrected chi connectivity index (χ3v) is 7.77. The van der Waals surface area contributed by atoms with Gasteiger partial charge in [0.1, 0.15) is 18.1 Å². The summed E-state index contributed by atoms with van der Waals surface area (Å²) in [6.07, 6.45) is 0. The lowest BCUT2D eigenvalue weighted by Gasteiger charge is -2.24. The summed E-state index contributed by atoms with van der Waals surface area (Å²) in [5, 5.41) is 8.49. The summed E-state index contributed by atoms with van der Waals surface area (Å²) in [4.78, 5) is 28.3. The molecule has 7 nitrogen and oxygen atoms in total. The summed E-state index contributed by atoms with van der Waals surface area (Å²) in [6.45, 7) is 10.9. The summed E-state index contributed by atoms with van der Waals surface area (Å²) >= 11 is 7.94. The Morgan fingerprint density at radius 1 is 1.21 bits per heavy atom. The fraction of sp³-hybridized carbons (Fsp3) is 0.414. The van der Waals surface area contributed by atoms with E-state index < -0.39 is 0 Å². The number of aromatic nitrogens is 2. The van der Waals surface area contributed by atoms with Crippen LogP contribution in [0.2, 0.25) is 5.02 Å². The molecule has 9 heteroatoms. The van der Waals surface area contributed by atoms with E-state index in [1.54, 1.807) is 16.7 Å². The van der Waals surface area contributed by atoms with Crippen molar-refractivity contribution < 1.29 is 14.3 Å². The van der Waals surface area contributed by atoms with Gasteiger partial charge in [-0.25, -0.2) is 4.68 Å². The Balaban J connectivity index is 1.96. The van der Waals surface area contributed by atoms with Crippen LogP contribution in [0.4, 0.5) is 5.82 Å². The van der Waals surface area contributed by atoms with Gasteiger partial charge in [-0.1, -0.05) is 58.4 Å². The van der Waals surface area contributed by atoms with Crippen molar-refractivity contribution in [2.75, 3.05) is 30.9 Å². The first-order valence-corrected chi connectivity index (χ1v) is 14.1. The lowest BCUT2D eigenvalue weighted by molar-refractivity contribution is -0.123. The maximum Gasteiger partial charge on any atom is 0.240 e. The molecule has 0 radical (unpaired) electrons. The topological polar surface area (TPSA) is 76.5 Å². The SMILES string of the molecule is COc1ccc(-n2nc(C(C)(C)C)c3c2N(CC(=O)NCC(C)C)C(=O)CS[C@@H]3c2cccc(Cl)c2)cc1. The monoisotopic (exact) mass is 554 g/mol. The zero-order valence-electron chi connectivity index (χ0n) is 22.7. The van der Waals surface area contributed by atoms with Gasteiger partial charge >= 0.3 is 0 Å². The van der Waals surface area contributed by atoms with Gasteiger partial charge < -0.3 is 10.1 Å². The van der Waals surface area contributed by atoms with Crippen molar-refractivity contribution in [1.29, 1.82) is 0 Å². The Morgan fingerprint density at radius 2 is 1.92 bits per heavy atom. The molecule has 1 atom stereocenters. The van der Waals surface area contributed by atoms with Gasteiger partial charge in [-0.05, 0) is 47.9 Å². The number of methoxy groups -OCH3 is 1. The van der Waals surface area contributed by atoms with Crippen LogP contribution >= 0.6 is 23.4 Å². The number of nitrogens with one attached hydrogen (secondary N) is 1. The molecule has 3 aromatic rings. The molecule has 2 amide bonds. The molecule has 202 valence electrons. The number of hydrogen-bond acceptors (Lipinski definition) is 5. The van der Waals surface area contributed by atoms with E-state index in [9.17, 15) is 9.59 Å². The molecule has 0 bridgehead atoms. The third kappa shape index (κ3) is 6.02. The number of carbonyl (C=O) groups excluding carboxylic acids is 2. The average molecular weight is 555 g/mol. The van der Waals surface area contributed by atoms with Crippen molar-refractivity contribution in [2.24, 2.45) is 5.92 Å². The Morgan fingerprint density at radius 3 is 2.53 bits per heavy atom. The van der Waals surface area contributed by atoms with Crippen LogP contribution in [-0.4, -0.2) is 47.5 Å². The molecule has 0 unspecified atom stereocenters. The maximum atomic E-state index is 13.7. The number of rotatable bonds is 7. The van der Waals surface area contributed by atoms with Gasteiger partial charge in [-0.15, -0.1) is 11.8 Å². The number of carbonyl (C=O) groups is 2. The Kier molecular flexibility index (Phi) is 8.43. The highest BCUT2D eigenvalue weighted by Gasteiger charge is 2.40. The van der Waals surface area contributed by atoms with E-state index in [2.05, 4.69) is 26.1 Å². The molecule has 0 saturated heterocycles. The Hall–Kier alpha value is -2.97. The van der Waals surface area contributed by atoms with Crippen LogP contribution in [0.5, 0.6) is 5.75 Å². The summed E-state index contributed by atoms with van der Waals surface area (Å²) in [7, 11) is 1.62. The number of ether oxygens (including phenoxy) is 1. The van der Waals surface area contributed by atoms with Crippen molar-refractivity contribution in [3.8, 4) is 11.4 Å². The quantitative estimate of drug-likeness (QED) is 0.401. The second-order valence-electron chi connectivity index (χ2n) is 10.9. The molecule has 2 heterocycles. The fourth-order valence-corrected chi connectivity index (χ4v) is 5.81. The van der Waals surface area contributed by atoms with Gasteiger partial charge in [0, 0.05) is 22.5 Å². The molecular weight excluding hydrogens is 520 g/mol. The molecular formula is C29H35ClN4O3S. The normalized spacial score (nSPS) is 15.8. The van der Waals surface area contributed by atoms with E-state index in [4.69, 9.17) is 21.4 Å². The highest BCUT2D eigenvalue weighted by Crippen LogP contribution is 2.48. The van der Waals surface area contributed by atoms with Crippen molar-refractivity contribution in [1.82, 2.24) is 15.1 Å². The molecule has 38 heavy (non-hydrogen) atoms. The van der Waals surface area contributed by atoms with Crippen LogP contribution in [0.3, 0.4) is 0 Å². The molecule has 0 saturated carbocycles. The van der Waals surface area contributed by atoms with E-state index in [-0.39, 0.29) is 34.8 Å². The Labute approximate surface area is 233 Å². The number of halogens is 1. The standard InChI is InChI=1S/C29H35ClN4O3S/c1-18(2)15-31-23(35)16-33-24(36)17-38-26(19-8-7-9-20(30)14-19)25-27(29(3,4)5)32-34(28(25)33)21-10-12-22(37-6)13-11-21/h7-14,18,26H,15-17H2,1-6H3,(H,31,35)/t26-/m1/s1. The van der Waals surface area contributed by atoms with E-state index in [0.717, 1.165) is 28.3 Å². The minimum absolute atomic E-state index is 0.0905. The Bertz CT molecular complexity index is 1310. The van der Waals surface area contributed by atoms with Gasteiger partial charge in [0.25, 0.3) is 0 Å². The van der Waals surface area contributed by atoms with Crippen LogP contribution in [0.15, 0.2) is 48.5 Å². The zero-order chi connectivity index (χ0) is 27.6. The van der Waals surface area contributed by atoms with E-state index in [1.165, 1.54) is 11.8 Å². The first kappa shape index (κ1) is 28.0. The third-order valence-electron chi connectivity index (χ3n) is 6.28. The van der Waals surface area contributed by atoms with Crippen LogP contribution < -0.4 is 15.0 Å². The van der Waals surface area contributed by atoms with E-state index >= 15 is 0 Å². The molecule has 0 fully saturated rings. The fourth-order valence-electron chi connectivity index (χ4n) is 4.43. The lowest BCUT2D eigenvalue weighted by Crippen LogP contribution is -2.43. The summed E-state index contributed by atoms with van der Waals surface area (Å²) < 4.78 is 7.16. The molecule has 2 aromatic carbocycles. The lowest BCUT2D eigenvalue weighted by atomic mass is 9.87. The molecule has 4 rings (SSSR count). The number of hydrogen-bond donors (Lipinski definition) is 1. The van der Waals surface area contributed by atoms with Crippen molar-refractivity contribution in [3.05, 3.63) is 70.4 Å². The maximum absolute atomic E-state index is 13.7. The van der Waals surface area contributed by atoms with Gasteiger partial charge in [0.15, 0.2) is 0 Å². The first-order valence-electron chi connectivity index (χ1n) is 12.7. The van der Waals surface area contributed by atoms with Crippen LogP contribution in [0.1, 0.15) is 56.7 Å². The summed E-state index contributed by atoms with van der Waals surface area (Å²) in [6, 6.07) is 15.3. The smallest absolute Gasteiger partial charge is 0.240 e. The average Bonchev–Trinajstić information content (AvgIpc) is 3.20. The summed E-state index contributed by atoms with van der Waals surface area (Å²) in [5.41, 5.74) is 3.21. The first-order chi connectivity index (χ1) is 18.0. The van der Waals surface area contributed by atoms with E-state index in [1.807, 2.05) is 62.4 Å². The minimum Gasteiger partial charge on any atom is -0.497 e. The van der Waals surface area contributed by atoms with Crippen LogP contribution in [0.25, 0.3) is 5.69 Å². The second kappa shape index (κ2) is 11.4. The van der Waals surface area contributed by atoms with Crippen molar-refractivity contribution in [3.63, 3.8) is 0 Å². The number of benzene rings is 2. The number of thioether (sulfide) groups is 1. The molecule has 1 N–H and O–H groups in total. The molecule has 0 aliphatic carbocycles. The predicted molar refractivity (Wildman–Crippen MR) is 155 cm³/mol. The van der Waals surface area contributed by atoms with E-state index in [0.29, 0.717) is 23.3 Å². The van der Waals surface area contributed by atoms with Crippen LogP contribution in [-0.2, 0) is 15.0 Å². The van der Waals surface area contributed by atoms with Gasteiger partial charge in [-0.2, -0.15) is 5.10 Å². The predicted octanol–water partition coefficient (Wildman–Crippen LogP) is 5.77. The zero-order valence-corrected chi connectivity index (χ0v) is 24.3. The highest BCUT2D eigenvalue weighted by atomic mass is 35.5. The van der Waals surface area contributed by atoms with Gasteiger partial charge in [-0.3, -0.25) is 14.5 Å². The molecule has 0 spiro atoms. The van der Waals surface area contributed by atoms with Crippen molar-refractivity contribution in [2.45, 2.75) is 45.3 Å². The van der Waals surface area contributed by atoms with Crippen molar-refractivity contribution >= 4 is 41.0 Å². The number of fused-ring (bicyclic) bond motifs is 1.